The summed E-state index contributed by atoms with van der Waals surface area (Å²) >= 11 is 7.48. The second kappa shape index (κ2) is 5.21. The number of thioether (sulfide) groups is 1. The lowest BCUT2D eigenvalue weighted by atomic mass is 10.2. The topological polar surface area (TPSA) is 55.0 Å². The second-order valence-corrected chi connectivity index (χ2v) is 4.92. The number of halogens is 1. The van der Waals surface area contributed by atoms with Crippen LogP contribution in [0.2, 0.25) is 5.15 Å². The molecule has 1 fully saturated rings. The van der Waals surface area contributed by atoms with Crippen molar-refractivity contribution in [3.8, 4) is 0 Å². The zero-order valence-corrected chi connectivity index (χ0v) is 10.8. The molecule has 6 heteroatoms. The molecule has 0 unspecified atom stereocenters. The second-order valence-electron chi connectivity index (χ2n) is 3.76. The third-order valence-electron chi connectivity index (χ3n) is 2.79. The van der Waals surface area contributed by atoms with Crippen molar-refractivity contribution in [2.45, 2.75) is 24.0 Å². The molecular formula is C10H15ClN4S. The van der Waals surface area contributed by atoms with Crippen LogP contribution in [0.5, 0.6) is 0 Å². The van der Waals surface area contributed by atoms with E-state index >= 15 is 0 Å². The minimum atomic E-state index is 0.390. The first-order chi connectivity index (χ1) is 7.74. The van der Waals surface area contributed by atoms with E-state index in [1.807, 2.05) is 12.3 Å². The first kappa shape index (κ1) is 12.0. The fraction of sp³-hybridized carbons (Fsp3) is 0.600. The highest BCUT2D eigenvalue weighted by atomic mass is 35.5. The number of hydrogen-bond acceptors (Lipinski definition) is 5. The molecule has 1 aromatic heterocycles. The van der Waals surface area contributed by atoms with E-state index < -0.39 is 0 Å². The molecule has 1 aromatic rings. The van der Waals surface area contributed by atoms with Gasteiger partial charge in [-0.05, 0) is 19.1 Å². The molecule has 0 spiro atoms. The fourth-order valence-electron chi connectivity index (χ4n) is 2.01. The van der Waals surface area contributed by atoms with Crippen LogP contribution in [0.25, 0.3) is 0 Å². The molecule has 1 aliphatic rings. The van der Waals surface area contributed by atoms with E-state index in [2.05, 4.69) is 14.9 Å². The van der Waals surface area contributed by atoms with Gasteiger partial charge in [-0.3, -0.25) is 0 Å². The first-order valence-electron chi connectivity index (χ1n) is 5.30. The highest BCUT2D eigenvalue weighted by Gasteiger charge is 2.24. The van der Waals surface area contributed by atoms with Crippen LogP contribution in [0.1, 0.15) is 12.8 Å². The Morgan fingerprint density at radius 1 is 1.62 bits per heavy atom. The summed E-state index contributed by atoms with van der Waals surface area (Å²) in [6, 6.07) is 2.20. The summed E-state index contributed by atoms with van der Waals surface area (Å²) in [5, 5.41) is 1.21. The van der Waals surface area contributed by atoms with Crippen LogP contribution >= 0.6 is 23.4 Å². The van der Waals surface area contributed by atoms with Crippen molar-refractivity contribution in [1.82, 2.24) is 9.97 Å². The van der Waals surface area contributed by atoms with Crippen LogP contribution in [0.4, 0.5) is 5.82 Å². The number of hydrogen-bond donors (Lipinski definition) is 1. The quantitative estimate of drug-likeness (QED) is 0.509. The van der Waals surface area contributed by atoms with Crippen molar-refractivity contribution >= 4 is 29.2 Å². The largest absolute Gasteiger partial charge is 0.352 e. The molecule has 1 saturated heterocycles. The molecule has 0 amide bonds. The molecule has 0 saturated carbocycles. The third-order valence-corrected chi connectivity index (χ3v) is 3.53. The van der Waals surface area contributed by atoms with E-state index in [1.165, 1.54) is 11.8 Å². The molecule has 0 aromatic carbocycles. The predicted octanol–water partition coefficient (Wildman–Crippen LogP) is 1.78. The molecular weight excluding hydrogens is 244 g/mol. The minimum absolute atomic E-state index is 0.390. The highest BCUT2D eigenvalue weighted by molar-refractivity contribution is 7.98. The summed E-state index contributed by atoms with van der Waals surface area (Å²) in [6.45, 7) is 1.67. The Morgan fingerprint density at radius 2 is 2.44 bits per heavy atom. The van der Waals surface area contributed by atoms with Gasteiger partial charge in [-0.25, -0.2) is 9.97 Å². The molecule has 2 heterocycles. The van der Waals surface area contributed by atoms with Crippen molar-refractivity contribution in [2.75, 3.05) is 24.2 Å². The molecule has 16 heavy (non-hydrogen) atoms. The zero-order chi connectivity index (χ0) is 11.5. The molecule has 4 nitrogen and oxygen atoms in total. The molecule has 1 atom stereocenters. The molecule has 88 valence electrons. The first-order valence-corrected chi connectivity index (χ1v) is 6.90. The van der Waals surface area contributed by atoms with Gasteiger partial charge >= 0.3 is 0 Å². The summed E-state index contributed by atoms with van der Waals surface area (Å²) in [5.74, 6) is 0.900. The average molecular weight is 259 g/mol. The summed E-state index contributed by atoms with van der Waals surface area (Å²) in [5.41, 5.74) is 5.75. The monoisotopic (exact) mass is 258 g/mol. The maximum Gasteiger partial charge on any atom is 0.190 e. The molecule has 0 aliphatic carbocycles. The molecule has 2 N–H and O–H groups in total. The Morgan fingerprint density at radius 3 is 3.12 bits per heavy atom. The minimum Gasteiger partial charge on any atom is -0.352 e. The Bertz CT molecular complexity index is 374. The number of rotatable bonds is 3. The number of nitrogens with zero attached hydrogens (tertiary/aromatic N) is 3. The Kier molecular flexibility index (Phi) is 3.89. The summed E-state index contributed by atoms with van der Waals surface area (Å²) < 4.78 is 0. The van der Waals surface area contributed by atoms with Gasteiger partial charge in [0.1, 0.15) is 11.0 Å². The van der Waals surface area contributed by atoms with Gasteiger partial charge in [0.05, 0.1) is 0 Å². The van der Waals surface area contributed by atoms with Gasteiger partial charge in [0, 0.05) is 25.2 Å². The van der Waals surface area contributed by atoms with Gasteiger partial charge < -0.3 is 10.6 Å². The predicted molar refractivity (Wildman–Crippen MR) is 68.2 cm³/mol. The summed E-state index contributed by atoms with van der Waals surface area (Å²) in [7, 11) is 0. The van der Waals surface area contributed by atoms with Gasteiger partial charge in [-0.15, -0.1) is 0 Å². The Hall–Kier alpha value is -0.520. The maximum atomic E-state index is 5.98. The molecule has 1 aliphatic heterocycles. The SMILES string of the molecule is CSc1nc(Cl)cc(N2CCC[C@H]2CN)n1. The van der Waals surface area contributed by atoms with Crippen LogP contribution in [0, 0.1) is 0 Å². The van der Waals surface area contributed by atoms with Crippen LogP contribution in [0.15, 0.2) is 11.2 Å². The van der Waals surface area contributed by atoms with Crippen molar-refractivity contribution < 1.29 is 0 Å². The number of aromatic nitrogens is 2. The fourth-order valence-corrected chi connectivity index (χ4v) is 2.61. The Labute approximate surface area is 105 Å². The maximum absolute atomic E-state index is 5.98. The summed E-state index contributed by atoms with van der Waals surface area (Å²) in [4.78, 5) is 10.8. The van der Waals surface area contributed by atoms with Gasteiger partial charge in [0.15, 0.2) is 5.16 Å². The lowest BCUT2D eigenvalue weighted by Crippen LogP contribution is -2.36. The van der Waals surface area contributed by atoms with Crippen molar-refractivity contribution in [2.24, 2.45) is 5.73 Å². The smallest absolute Gasteiger partial charge is 0.190 e. The standard InChI is InChI=1S/C10H15ClN4S/c1-16-10-13-8(11)5-9(14-10)15-4-2-3-7(15)6-12/h5,7H,2-4,6,12H2,1H3/t7-/m0/s1. The van der Waals surface area contributed by atoms with E-state index in [-0.39, 0.29) is 0 Å². The van der Waals surface area contributed by atoms with Gasteiger partial charge in [-0.2, -0.15) is 0 Å². The van der Waals surface area contributed by atoms with Crippen LogP contribution in [-0.2, 0) is 0 Å². The average Bonchev–Trinajstić information content (AvgIpc) is 2.76. The number of nitrogens with two attached hydrogens (primary N) is 1. The lowest BCUT2D eigenvalue weighted by molar-refractivity contribution is 0.667. The van der Waals surface area contributed by atoms with Gasteiger partial charge in [-0.1, -0.05) is 23.4 Å². The van der Waals surface area contributed by atoms with Crippen LogP contribution < -0.4 is 10.6 Å². The van der Waals surface area contributed by atoms with Gasteiger partial charge in [0.2, 0.25) is 0 Å². The van der Waals surface area contributed by atoms with E-state index in [0.29, 0.717) is 22.9 Å². The normalized spacial score (nSPS) is 20.4. The van der Waals surface area contributed by atoms with E-state index in [0.717, 1.165) is 25.2 Å². The van der Waals surface area contributed by atoms with E-state index in [9.17, 15) is 0 Å². The van der Waals surface area contributed by atoms with E-state index in [4.69, 9.17) is 17.3 Å². The lowest BCUT2D eigenvalue weighted by Gasteiger charge is -2.24. The Balaban J connectivity index is 2.28. The molecule has 0 bridgehead atoms. The van der Waals surface area contributed by atoms with Crippen molar-refractivity contribution in [1.29, 1.82) is 0 Å². The highest BCUT2D eigenvalue weighted by Crippen LogP contribution is 2.26. The van der Waals surface area contributed by atoms with Crippen molar-refractivity contribution in [3.63, 3.8) is 0 Å². The van der Waals surface area contributed by atoms with E-state index in [1.54, 1.807) is 0 Å². The van der Waals surface area contributed by atoms with Gasteiger partial charge in [0.25, 0.3) is 0 Å². The number of anilines is 1. The van der Waals surface area contributed by atoms with Crippen LogP contribution in [0.3, 0.4) is 0 Å². The molecule has 0 radical (unpaired) electrons. The van der Waals surface area contributed by atoms with Crippen molar-refractivity contribution in [3.05, 3.63) is 11.2 Å². The summed E-state index contributed by atoms with van der Waals surface area (Å²) in [6.07, 6.45) is 4.24. The van der Waals surface area contributed by atoms with Crippen LogP contribution in [-0.4, -0.2) is 35.4 Å². The third kappa shape index (κ3) is 2.42. The molecule has 2 rings (SSSR count). The zero-order valence-electron chi connectivity index (χ0n) is 9.19.